The molecule has 4 rings (SSSR count). The van der Waals surface area contributed by atoms with Gasteiger partial charge in [-0.3, -0.25) is 9.36 Å². The first-order valence-electron chi connectivity index (χ1n) is 12.3. The Morgan fingerprint density at radius 1 is 1.27 bits per heavy atom. The summed E-state index contributed by atoms with van der Waals surface area (Å²) in [5.74, 6) is 0.524. The Labute approximate surface area is 216 Å². The summed E-state index contributed by atoms with van der Waals surface area (Å²) < 4.78 is 21.6. The van der Waals surface area contributed by atoms with Gasteiger partial charge in [-0.2, -0.15) is 5.26 Å². The molecule has 0 bridgehead atoms. The van der Waals surface area contributed by atoms with Crippen molar-refractivity contribution < 1.29 is 9.13 Å². The Kier molecular flexibility index (Phi) is 8.16. The fraction of sp³-hybridized carbons (Fsp3) is 0.407. The van der Waals surface area contributed by atoms with E-state index in [9.17, 15) is 14.4 Å². The molecule has 10 heteroatoms. The molecule has 1 aromatic carbocycles. The topological polar surface area (TPSA) is 113 Å². The normalized spacial score (nSPS) is 17.6. The summed E-state index contributed by atoms with van der Waals surface area (Å²) in [6.45, 7) is 9.47. The smallest absolute Gasteiger partial charge is 0.262 e. The molecule has 0 atom stereocenters. The molecule has 0 saturated carbocycles. The van der Waals surface area contributed by atoms with Crippen molar-refractivity contribution in [2.75, 3.05) is 44.3 Å². The van der Waals surface area contributed by atoms with E-state index in [-0.39, 0.29) is 17.2 Å². The first-order chi connectivity index (χ1) is 17.8. The molecule has 1 aromatic heterocycles. The molecule has 2 aromatic rings. The number of morpholine rings is 1. The zero-order valence-corrected chi connectivity index (χ0v) is 21.3. The van der Waals surface area contributed by atoms with E-state index in [2.05, 4.69) is 16.6 Å². The van der Waals surface area contributed by atoms with Crippen LogP contribution in [-0.2, 0) is 11.8 Å². The second kappa shape index (κ2) is 11.5. The average molecular weight is 506 g/mol. The van der Waals surface area contributed by atoms with E-state index in [0.29, 0.717) is 73.6 Å². The van der Waals surface area contributed by atoms with Gasteiger partial charge < -0.3 is 20.3 Å². The van der Waals surface area contributed by atoms with E-state index in [1.165, 1.54) is 16.7 Å². The molecule has 3 heterocycles. The van der Waals surface area contributed by atoms with Crippen LogP contribution in [-0.4, -0.2) is 66.6 Å². The summed E-state index contributed by atoms with van der Waals surface area (Å²) in [4.78, 5) is 26.9. The van der Waals surface area contributed by atoms with E-state index in [4.69, 9.17) is 15.5 Å². The van der Waals surface area contributed by atoms with Gasteiger partial charge in [-0.25, -0.2) is 14.4 Å². The van der Waals surface area contributed by atoms with Crippen molar-refractivity contribution in [2.24, 2.45) is 17.8 Å². The SMILES string of the molecule is C=N/C(=C\C=C(/C)c1c(-c2ccc(C#N)c(F)c2)nc(N2CCC(N)CC2)n(C)c1=O)N1CCOCC1. The molecule has 0 aliphatic carbocycles. The van der Waals surface area contributed by atoms with Gasteiger partial charge in [0.1, 0.15) is 17.7 Å². The standard InChI is InChI=1S/C27H32FN7O2/c1-18(4-7-23(31-2)34-12-14-37-15-13-34)24-25(19-5-6-20(17-29)22(28)16-19)32-27(33(3)26(24)36)35-10-8-21(30)9-11-35/h4-7,16,21H,2,8-15,30H2,1,3H3/b18-4+,23-7+. The summed E-state index contributed by atoms with van der Waals surface area (Å²) in [5.41, 5.74) is 7.54. The largest absolute Gasteiger partial charge is 0.378 e. The van der Waals surface area contributed by atoms with Crippen molar-refractivity contribution in [3.63, 3.8) is 0 Å². The highest BCUT2D eigenvalue weighted by molar-refractivity contribution is 5.79. The Hall–Kier alpha value is -3.81. The van der Waals surface area contributed by atoms with Crippen molar-refractivity contribution in [1.29, 1.82) is 5.26 Å². The van der Waals surface area contributed by atoms with Gasteiger partial charge in [-0.15, -0.1) is 0 Å². The summed E-state index contributed by atoms with van der Waals surface area (Å²) in [6, 6.07) is 6.25. The molecule has 2 fully saturated rings. The zero-order chi connectivity index (χ0) is 26.5. The fourth-order valence-electron chi connectivity index (χ4n) is 4.62. The van der Waals surface area contributed by atoms with Crippen molar-refractivity contribution in [3.8, 4) is 17.3 Å². The van der Waals surface area contributed by atoms with Crippen LogP contribution >= 0.6 is 0 Å². The van der Waals surface area contributed by atoms with E-state index in [1.54, 1.807) is 19.2 Å². The van der Waals surface area contributed by atoms with Crippen molar-refractivity contribution in [3.05, 3.63) is 63.5 Å². The Balaban J connectivity index is 1.84. The molecule has 0 amide bonds. The lowest BCUT2D eigenvalue weighted by atomic mass is 9.99. The maximum Gasteiger partial charge on any atom is 0.262 e. The van der Waals surface area contributed by atoms with Crippen molar-refractivity contribution in [1.82, 2.24) is 14.5 Å². The number of benzene rings is 1. The van der Waals surface area contributed by atoms with Crippen LogP contribution in [0.5, 0.6) is 0 Å². The molecule has 2 saturated heterocycles. The van der Waals surface area contributed by atoms with Gasteiger partial charge in [-0.1, -0.05) is 12.1 Å². The lowest BCUT2D eigenvalue weighted by Crippen LogP contribution is -2.42. The monoisotopic (exact) mass is 505 g/mol. The lowest BCUT2D eigenvalue weighted by molar-refractivity contribution is 0.0532. The third-order valence-corrected chi connectivity index (χ3v) is 6.83. The Bertz CT molecular complexity index is 1330. The quantitative estimate of drug-likeness (QED) is 0.474. The summed E-state index contributed by atoms with van der Waals surface area (Å²) >= 11 is 0. The van der Waals surface area contributed by atoms with Crippen LogP contribution in [0.15, 0.2) is 46.0 Å². The predicted octanol–water partition coefficient (Wildman–Crippen LogP) is 2.66. The number of piperidine rings is 1. The van der Waals surface area contributed by atoms with Gasteiger partial charge in [0.25, 0.3) is 5.56 Å². The Morgan fingerprint density at radius 2 is 1.97 bits per heavy atom. The highest BCUT2D eigenvalue weighted by atomic mass is 19.1. The molecule has 0 spiro atoms. The highest BCUT2D eigenvalue weighted by Gasteiger charge is 2.24. The number of aliphatic imine (C=N–C) groups is 1. The number of nitrogens with two attached hydrogens (primary N) is 1. The van der Waals surface area contributed by atoms with Crippen LogP contribution in [0.3, 0.4) is 0 Å². The number of ether oxygens (including phenoxy) is 1. The van der Waals surface area contributed by atoms with E-state index >= 15 is 0 Å². The number of nitriles is 1. The van der Waals surface area contributed by atoms with Crippen LogP contribution < -0.4 is 16.2 Å². The average Bonchev–Trinajstić information content (AvgIpc) is 2.91. The molecular weight excluding hydrogens is 473 g/mol. The van der Waals surface area contributed by atoms with Gasteiger partial charge in [0.05, 0.1) is 30.0 Å². The second-order valence-corrected chi connectivity index (χ2v) is 9.26. The van der Waals surface area contributed by atoms with Gasteiger partial charge in [0.2, 0.25) is 5.95 Å². The minimum Gasteiger partial charge on any atom is -0.378 e. The Morgan fingerprint density at radius 3 is 2.59 bits per heavy atom. The molecule has 0 radical (unpaired) electrons. The van der Waals surface area contributed by atoms with Crippen LogP contribution in [0.25, 0.3) is 16.8 Å². The number of allylic oxidation sites excluding steroid dienone is 3. The number of halogens is 1. The minimum absolute atomic E-state index is 0.0678. The van der Waals surface area contributed by atoms with E-state index in [1.807, 2.05) is 24.0 Å². The number of aromatic nitrogens is 2. The third kappa shape index (κ3) is 5.63. The molecule has 2 aliphatic heterocycles. The summed E-state index contributed by atoms with van der Waals surface area (Å²) in [5, 5.41) is 9.17. The highest BCUT2D eigenvalue weighted by Crippen LogP contribution is 2.29. The zero-order valence-electron chi connectivity index (χ0n) is 21.3. The van der Waals surface area contributed by atoms with Crippen LogP contribution in [0.2, 0.25) is 0 Å². The second-order valence-electron chi connectivity index (χ2n) is 9.26. The minimum atomic E-state index is -0.661. The first kappa shape index (κ1) is 26.3. The van der Waals surface area contributed by atoms with Gasteiger partial charge in [0, 0.05) is 44.8 Å². The van der Waals surface area contributed by atoms with Gasteiger partial charge in [0.15, 0.2) is 0 Å². The maximum atomic E-state index is 14.6. The number of anilines is 1. The molecule has 194 valence electrons. The maximum absolute atomic E-state index is 14.6. The number of hydrogen-bond donors (Lipinski definition) is 1. The molecule has 2 N–H and O–H groups in total. The number of hydrogen-bond acceptors (Lipinski definition) is 8. The van der Waals surface area contributed by atoms with Crippen LogP contribution in [0.4, 0.5) is 10.3 Å². The number of rotatable bonds is 6. The van der Waals surface area contributed by atoms with E-state index < -0.39 is 5.82 Å². The van der Waals surface area contributed by atoms with Gasteiger partial charge >= 0.3 is 0 Å². The van der Waals surface area contributed by atoms with Gasteiger partial charge in [-0.05, 0) is 50.3 Å². The van der Waals surface area contributed by atoms with Crippen molar-refractivity contribution >= 4 is 18.2 Å². The molecule has 9 nitrogen and oxygen atoms in total. The van der Waals surface area contributed by atoms with Crippen molar-refractivity contribution in [2.45, 2.75) is 25.8 Å². The number of nitrogens with zero attached hydrogens (tertiary/aromatic N) is 6. The molecule has 2 aliphatic rings. The molecular formula is C27H32FN7O2. The molecule has 0 unspecified atom stereocenters. The lowest BCUT2D eigenvalue weighted by Gasteiger charge is -2.32. The first-order valence-corrected chi connectivity index (χ1v) is 12.3. The summed E-state index contributed by atoms with van der Waals surface area (Å²) in [6.07, 6.45) is 5.21. The predicted molar refractivity (Wildman–Crippen MR) is 143 cm³/mol. The third-order valence-electron chi connectivity index (χ3n) is 6.83. The van der Waals surface area contributed by atoms with Crippen LogP contribution in [0.1, 0.15) is 30.9 Å². The van der Waals surface area contributed by atoms with Crippen LogP contribution in [0, 0.1) is 17.1 Å². The summed E-state index contributed by atoms with van der Waals surface area (Å²) in [7, 11) is 1.69. The fourth-order valence-corrected chi connectivity index (χ4v) is 4.62. The molecule has 37 heavy (non-hydrogen) atoms. The van der Waals surface area contributed by atoms with E-state index in [0.717, 1.165) is 12.8 Å².